The molecule has 5 heteroatoms. The fraction of sp³-hybridized carbons (Fsp3) is 0.333. The SMILES string of the molecule is Cc1cc(C=C(C#N)C(=O)N2CCN(c3ccccc3)CC2)c(C)n1C. The van der Waals surface area contributed by atoms with Gasteiger partial charge in [-0.15, -0.1) is 0 Å². The number of nitrogens with zero attached hydrogens (tertiary/aromatic N) is 4. The molecular weight excluding hydrogens is 324 g/mol. The summed E-state index contributed by atoms with van der Waals surface area (Å²) in [6.45, 7) is 6.81. The van der Waals surface area contributed by atoms with E-state index in [1.807, 2.05) is 45.2 Å². The molecule has 1 aliphatic heterocycles. The maximum Gasteiger partial charge on any atom is 0.264 e. The van der Waals surface area contributed by atoms with Gasteiger partial charge in [-0.3, -0.25) is 4.79 Å². The number of hydrogen-bond donors (Lipinski definition) is 0. The number of para-hydroxylation sites is 1. The molecule has 0 saturated carbocycles. The van der Waals surface area contributed by atoms with Gasteiger partial charge < -0.3 is 14.4 Å². The van der Waals surface area contributed by atoms with E-state index < -0.39 is 0 Å². The van der Waals surface area contributed by atoms with Gasteiger partial charge in [0.1, 0.15) is 11.6 Å². The maximum absolute atomic E-state index is 12.8. The minimum atomic E-state index is -0.180. The summed E-state index contributed by atoms with van der Waals surface area (Å²) < 4.78 is 2.06. The van der Waals surface area contributed by atoms with E-state index in [1.165, 1.54) is 5.69 Å². The van der Waals surface area contributed by atoms with Crippen LogP contribution in [0, 0.1) is 25.2 Å². The number of carbonyl (C=O) groups excluding carboxylic acids is 1. The topological polar surface area (TPSA) is 52.3 Å². The Morgan fingerprint density at radius 1 is 1.12 bits per heavy atom. The molecule has 0 radical (unpaired) electrons. The lowest BCUT2D eigenvalue weighted by molar-refractivity contribution is -0.126. The largest absolute Gasteiger partial charge is 0.368 e. The average molecular weight is 348 g/mol. The number of rotatable bonds is 3. The molecule has 2 aromatic rings. The molecule has 0 bridgehead atoms. The third kappa shape index (κ3) is 3.50. The maximum atomic E-state index is 12.8. The van der Waals surface area contributed by atoms with E-state index in [4.69, 9.17) is 0 Å². The van der Waals surface area contributed by atoms with Crippen molar-refractivity contribution in [3.63, 3.8) is 0 Å². The van der Waals surface area contributed by atoms with Crippen molar-refractivity contribution in [1.29, 1.82) is 5.26 Å². The first-order valence-corrected chi connectivity index (χ1v) is 8.85. The molecule has 0 aliphatic carbocycles. The summed E-state index contributed by atoms with van der Waals surface area (Å²) in [5.41, 5.74) is 4.46. The number of piperazine rings is 1. The number of aryl methyl sites for hydroxylation is 1. The van der Waals surface area contributed by atoms with Crippen molar-refractivity contribution >= 4 is 17.7 Å². The normalized spacial score (nSPS) is 15.1. The fourth-order valence-corrected chi connectivity index (χ4v) is 3.30. The van der Waals surface area contributed by atoms with E-state index in [-0.39, 0.29) is 11.5 Å². The third-order valence-electron chi connectivity index (χ3n) is 5.15. The number of benzene rings is 1. The van der Waals surface area contributed by atoms with Gasteiger partial charge in [0, 0.05) is 50.3 Å². The molecule has 134 valence electrons. The summed E-state index contributed by atoms with van der Waals surface area (Å²) in [6.07, 6.45) is 1.72. The first kappa shape index (κ1) is 17.8. The molecule has 1 aromatic heterocycles. The second-order valence-corrected chi connectivity index (χ2v) is 6.67. The average Bonchev–Trinajstić information content (AvgIpc) is 2.93. The summed E-state index contributed by atoms with van der Waals surface area (Å²) >= 11 is 0. The molecular formula is C21H24N4O. The van der Waals surface area contributed by atoms with Crippen LogP contribution in [0.15, 0.2) is 42.0 Å². The van der Waals surface area contributed by atoms with Crippen molar-refractivity contribution < 1.29 is 4.79 Å². The minimum Gasteiger partial charge on any atom is -0.368 e. The smallest absolute Gasteiger partial charge is 0.264 e. The number of aromatic nitrogens is 1. The predicted octanol–water partition coefficient (Wildman–Crippen LogP) is 2.90. The molecule has 26 heavy (non-hydrogen) atoms. The monoisotopic (exact) mass is 348 g/mol. The Hall–Kier alpha value is -3.00. The van der Waals surface area contributed by atoms with Gasteiger partial charge in [0.2, 0.25) is 0 Å². The van der Waals surface area contributed by atoms with Crippen LogP contribution >= 0.6 is 0 Å². The van der Waals surface area contributed by atoms with Crippen molar-refractivity contribution in [3.05, 3.63) is 58.9 Å². The van der Waals surface area contributed by atoms with Crippen LogP contribution < -0.4 is 4.90 Å². The quantitative estimate of drug-likeness (QED) is 0.633. The molecule has 1 aliphatic rings. The second kappa shape index (κ2) is 7.49. The van der Waals surface area contributed by atoms with Crippen molar-refractivity contribution in [2.75, 3.05) is 31.1 Å². The van der Waals surface area contributed by atoms with Crippen LogP contribution in [0.25, 0.3) is 6.08 Å². The molecule has 1 amide bonds. The molecule has 1 aromatic carbocycles. The number of amides is 1. The van der Waals surface area contributed by atoms with Gasteiger partial charge in [0.05, 0.1) is 0 Å². The fourth-order valence-electron chi connectivity index (χ4n) is 3.30. The molecule has 0 N–H and O–H groups in total. The summed E-state index contributed by atoms with van der Waals surface area (Å²) in [7, 11) is 1.98. The zero-order valence-electron chi connectivity index (χ0n) is 15.6. The Balaban J connectivity index is 1.71. The van der Waals surface area contributed by atoms with Gasteiger partial charge in [-0.2, -0.15) is 5.26 Å². The van der Waals surface area contributed by atoms with E-state index in [1.54, 1.807) is 11.0 Å². The highest BCUT2D eigenvalue weighted by atomic mass is 16.2. The molecule has 3 rings (SSSR count). The zero-order valence-corrected chi connectivity index (χ0v) is 15.6. The van der Waals surface area contributed by atoms with Gasteiger partial charge in [-0.1, -0.05) is 18.2 Å². The van der Waals surface area contributed by atoms with Crippen molar-refractivity contribution in [2.24, 2.45) is 7.05 Å². The molecule has 1 fully saturated rings. The van der Waals surface area contributed by atoms with Crippen LogP contribution in [0.4, 0.5) is 5.69 Å². The van der Waals surface area contributed by atoms with Crippen LogP contribution in [-0.4, -0.2) is 41.6 Å². The Morgan fingerprint density at radius 2 is 1.77 bits per heavy atom. The van der Waals surface area contributed by atoms with Gasteiger partial charge in [0.25, 0.3) is 5.91 Å². The lowest BCUT2D eigenvalue weighted by Crippen LogP contribution is -2.49. The van der Waals surface area contributed by atoms with Crippen LogP contribution in [-0.2, 0) is 11.8 Å². The Labute approximate surface area is 154 Å². The molecule has 0 unspecified atom stereocenters. The lowest BCUT2D eigenvalue weighted by Gasteiger charge is -2.36. The first-order chi connectivity index (χ1) is 12.5. The molecule has 2 heterocycles. The van der Waals surface area contributed by atoms with Crippen molar-refractivity contribution in [2.45, 2.75) is 13.8 Å². The van der Waals surface area contributed by atoms with E-state index in [2.05, 4.69) is 27.7 Å². The molecule has 1 saturated heterocycles. The highest BCUT2D eigenvalue weighted by Crippen LogP contribution is 2.19. The van der Waals surface area contributed by atoms with Crippen molar-refractivity contribution in [3.8, 4) is 6.07 Å². The summed E-state index contributed by atoms with van der Waals surface area (Å²) in [6, 6.07) is 14.3. The van der Waals surface area contributed by atoms with Crippen LogP contribution in [0.1, 0.15) is 17.0 Å². The highest BCUT2D eigenvalue weighted by molar-refractivity contribution is 6.02. The number of carbonyl (C=O) groups is 1. The summed E-state index contributed by atoms with van der Waals surface area (Å²) in [4.78, 5) is 16.8. The Bertz CT molecular complexity index is 865. The van der Waals surface area contributed by atoms with Gasteiger partial charge in [-0.25, -0.2) is 0 Å². The van der Waals surface area contributed by atoms with Gasteiger partial charge >= 0.3 is 0 Å². The Morgan fingerprint density at radius 3 is 2.31 bits per heavy atom. The highest BCUT2D eigenvalue weighted by Gasteiger charge is 2.24. The Kier molecular flexibility index (Phi) is 5.13. The van der Waals surface area contributed by atoms with Crippen LogP contribution in [0.2, 0.25) is 0 Å². The predicted molar refractivity (Wildman–Crippen MR) is 104 cm³/mol. The number of anilines is 1. The second-order valence-electron chi connectivity index (χ2n) is 6.67. The van der Waals surface area contributed by atoms with Gasteiger partial charge in [0.15, 0.2) is 0 Å². The number of nitriles is 1. The minimum absolute atomic E-state index is 0.180. The summed E-state index contributed by atoms with van der Waals surface area (Å²) in [5.74, 6) is -0.180. The van der Waals surface area contributed by atoms with Crippen LogP contribution in [0.5, 0.6) is 0 Å². The summed E-state index contributed by atoms with van der Waals surface area (Å²) in [5, 5.41) is 9.50. The van der Waals surface area contributed by atoms with Crippen LogP contribution in [0.3, 0.4) is 0 Å². The van der Waals surface area contributed by atoms with Crippen molar-refractivity contribution in [1.82, 2.24) is 9.47 Å². The molecule has 5 nitrogen and oxygen atoms in total. The third-order valence-corrected chi connectivity index (χ3v) is 5.15. The van der Waals surface area contributed by atoms with E-state index in [9.17, 15) is 10.1 Å². The lowest BCUT2D eigenvalue weighted by atomic mass is 10.1. The number of hydrogen-bond acceptors (Lipinski definition) is 3. The van der Waals surface area contributed by atoms with E-state index in [0.717, 1.165) is 30.0 Å². The van der Waals surface area contributed by atoms with E-state index >= 15 is 0 Å². The first-order valence-electron chi connectivity index (χ1n) is 8.85. The standard InChI is InChI=1S/C21H24N4O/c1-16-13-18(17(2)23(16)3)14-19(15-22)21(26)25-11-9-24(10-12-25)20-7-5-4-6-8-20/h4-8,13-14H,9-12H2,1-3H3. The zero-order chi connectivity index (χ0) is 18.7. The molecule has 0 atom stereocenters. The van der Waals surface area contributed by atoms with Gasteiger partial charge in [-0.05, 0) is 43.7 Å². The molecule has 0 spiro atoms. The van der Waals surface area contributed by atoms with E-state index in [0.29, 0.717) is 13.1 Å².